The van der Waals surface area contributed by atoms with Crippen LogP contribution < -0.4 is 11.1 Å². The molecule has 0 spiro atoms. The Kier molecular flexibility index (Phi) is 5.38. The maximum atomic E-state index is 9.87. The summed E-state index contributed by atoms with van der Waals surface area (Å²) < 4.78 is 61.2. The average Bonchev–Trinajstić information content (AvgIpc) is 2.22. The van der Waals surface area contributed by atoms with Gasteiger partial charge in [-0.3, -0.25) is 9.48 Å². The van der Waals surface area contributed by atoms with Crippen molar-refractivity contribution >= 4 is 25.1 Å². The number of hydrogen-bond acceptors (Lipinski definition) is 1. The predicted molar refractivity (Wildman–Crippen MR) is 78.8 cm³/mol. The van der Waals surface area contributed by atoms with Crippen molar-refractivity contribution < 1.29 is 29.8 Å². The number of para-hydroxylation sites is 2. The molecule has 1 aromatic carbocycles. The number of benzene rings is 1. The van der Waals surface area contributed by atoms with E-state index in [0.717, 1.165) is 17.3 Å². The van der Waals surface area contributed by atoms with Crippen molar-refractivity contribution in [3.8, 4) is 0 Å². The second-order valence-corrected chi connectivity index (χ2v) is 6.70. The Labute approximate surface area is 124 Å². The summed E-state index contributed by atoms with van der Waals surface area (Å²) in [7, 11) is -2.71. The van der Waals surface area contributed by atoms with Crippen molar-refractivity contribution in [2.75, 3.05) is 39.2 Å². The monoisotopic (exact) mass is 352 g/mol. The van der Waals surface area contributed by atoms with Crippen molar-refractivity contribution in [3.63, 3.8) is 0 Å². The van der Waals surface area contributed by atoms with Gasteiger partial charge in [0.2, 0.25) is 0 Å². The molecular formula is C11H19F6N4P. The van der Waals surface area contributed by atoms with Crippen LogP contribution >= 0.6 is 7.81 Å². The van der Waals surface area contributed by atoms with Crippen molar-refractivity contribution in [2.24, 2.45) is 0 Å². The van der Waals surface area contributed by atoms with Gasteiger partial charge in [0.15, 0.2) is 0 Å². The first-order chi connectivity index (χ1) is 9.47. The van der Waals surface area contributed by atoms with E-state index in [1.807, 2.05) is 61.9 Å². The SMILES string of the molecule is CN(C)C(Nc1ccccc1N)=[N+](C)C.F[P-](F)(F)(F)(F)F. The number of nitrogens with zero attached hydrogens (tertiary/aromatic N) is 2. The number of guanidine groups is 1. The Morgan fingerprint density at radius 2 is 1.45 bits per heavy atom. The van der Waals surface area contributed by atoms with E-state index in [0.29, 0.717) is 0 Å². The first-order valence-corrected chi connectivity index (χ1v) is 7.89. The minimum atomic E-state index is -10.7. The Morgan fingerprint density at radius 1 is 1.05 bits per heavy atom. The Balaban J connectivity index is 0.000000534. The van der Waals surface area contributed by atoms with E-state index in [4.69, 9.17) is 5.73 Å². The Bertz CT molecular complexity index is 537. The third-order valence-electron chi connectivity index (χ3n) is 2.05. The van der Waals surface area contributed by atoms with Crippen LogP contribution in [0.3, 0.4) is 0 Å². The van der Waals surface area contributed by atoms with E-state index in [2.05, 4.69) is 5.32 Å². The van der Waals surface area contributed by atoms with Crippen LogP contribution in [0.5, 0.6) is 0 Å². The molecule has 11 heteroatoms. The molecule has 1 rings (SSSR count). The van der Waals surface area contributed by atoms with E-state index < -0.39 is 7.81 Å². The van der Waals surface area contributed by atoms with Gasteiger partial charge in [-0.25, -0.2) is 5.32 Å². The molecule has 0 atom stereocenters. The quantitative estimate of drug-likeness (QED) is 0.198. The van der Waals surface area contributed by atoms with Crippen LogP contribution in [-0.2, 0) is 0 Å². The zero-order valence-corrected chi connectivity index (χ0v) is 13.4. The molecule has 1 aromatic rings. The number of nitrogens with two attached hydrogens (primary N) is 1. The summed E-state index contributed by atoms with van der Waals surface area (Å²) in [5.41, 5.74) is 7.53. The topological polar surface area (TPSA) is 44.3 Å². The first kappa shape index (κ1) is 20.3. The molecular weight excluding hydrogens is 333 g/mol. The number of nitrogens with one attached hydrogen (secondary N) is 1. The molecule has 0 aromatic heterocycles. The summed E-state index contributed by atoms with van der Waals surface area (Å²) in [4.78, 5) is 2.01. The average molecular weight is 352 g/mol. The van der Waals surface area contributed by atoms with Gasteiger partial charge in [-0.15, -0.1) is 0 Å². The van der Waals surface area contributed by atoms with Crippen LogP contribution in [0.15, 0.2) is 24.3 Å². The fraction of sp³-hybridized carbons (Fsp3) is 0.364. The normalized spacial score (nSPS) is 13.9. The van der Waals surface area contributed by atoms with Crippen LogP contribution in [0.25, 0.3) is 0 Å². The molecule has 0 aliphatic rings. The molecule has 3 N–H and O–H groups in total. The van der Waals surface area contributed by atoms with Gasteiger partial charge in [0, 0.05) is 0 Å². The molecule has 22 heavy (non-hydrogen) atoms. The molecule has 130 valence electrons. The molecule has 0 fully saturated rings. The standard InChI is InChI=1S/C11H18N4.F6P/c1-14(2)11(15(3)4)13-10-8-6-5-7-9(10)12;1-7(2,3,4,5)6/h5-8H,12H2,1-4H3;/q;-1/p+1. The summed E-state index contributed by atoms with van der Waals surface area (Å²) in [5, 5.41) is 3.29. The summed E-state index contributed by atoms with van der Waals surface area (Å²) in [6.45, 7) is 0. The number of nitrogen functional groups attached to an aromatic ring is 1. The molecule has 0 saturated heterocycles. The molecule has 0 unspecified atom stereocenters. The van der Waals surface area contributed by atoms with Crippen molar-refractivity contribution in [1.29, 1.82) is 0 Å². The van der Waals surface area contributed by atoms with Gasteiger partial charge in [0.05, 0.1) is 33.9 Å². The number of rotatable bonds is 1. The van der Waals surface area contributed by atoms with Crippen molar-refractivity contribution in [1.82, 2.24) is 4.90 Å². The van der Waals surface area contributed by atoms with Crippen LogP contribution in [0.4, 0.5) is 36.6 Å². The Hall–Kier alpha value is -1.70. The van der Waals surface area contributed by atoms with E-state index in [1.165, 1.54) is 0 Å². The van der Waals surface area contributed by atoms with Crippen LogP contribution in [-0.4, -0.2) is 43.6 Å². The fourth-order valence-corrected chi connectivity index (χ4v) is 1.35. The van der Waals surface area contributed by atoms with Gasteiger partial charge < -0.3 is 5.73 Å². The van der Waals surface area contributed by atoms with Crippen molar-refractivity contribution in [2.45, 2.75) is 0 Å². The Morgan fingerprint density at radius 3 is 1.77 bits per heavy atom. The number of anilines is 2. The summed E-state index contributed by atoms with van der Waals surface area (Å²) in [6, 6.07) is 7.72. The predicted octanol–water partition coefficient (Wildman–Crippen LogP) is 4.25. The fourth-order valence-electron chi connectivity index (χ4n) is 1.35. The molecule has 0 radical (unpaired) electrons. The van der Waals surface area contributed by atoms with Gasteiger partial charge in [0.25, 0.3) is 0 Å². The molecule has 0 heterocycles. The molecule has 0 saturated carbocycles. The van der Waals surface area contributed by atoms with Gasteiger partial charge in [-0.2, -0.15) is 0 Å². The van der Waals surface area contributed by atoms with Crippen molar-refractivity contribution in [3.05, 3.63) is 24.3 Å². The summed E-state index contributed by atoms with van der Waals surface area (Å²) in [6.07, 6.45) is 0. The number of halogens is 6. The molecule has 0 amide bonds. The molecule has 0 aliphatic carbocycles. The van der Waals surface area contributed by atoms with E-state index in [-0.39, 0.29) is 0 Å². The maximum absolute atomic E-state index is 10.7. The van der Waals surface area contributed by atoms with Gasteiger partial charge in [0.1, 0.15) is 5.69 Å². The van der Waals surface area contributed by atoms with Gasteiger partial charge in [-0.05, 0) is 12.1 Å². The zero-order chi connectivity index (χ0) is 17.8. The van der Waals surface area contributed by atoms with E-state index in [1.54, 1.807) is 0 Å². The number of hydrogen-bond donors (Lipinski definition) is 2. The molecule has 4 nitrogen and oxygen atoms in total. The van der Waals surface area contributed by atoms with E-state index in [9.17, 15) is 25.2 Å². The van der Waals surface area contributed by atoms with Gasteiger partial charge >= 0.3 is 38.9 Å². The molecule has 0 bridgehead atoms. The summed E-state index contributed by atoms with van der Waals surface area (Å²) in [5.74, 6) is 0.993. The van der Waals surface area contributed by atoms with E-state index >= 15 is 0 Å². The second-order valence-electron chi connectivity index (χ2n) is 4.78. The third-order valence-corrected chi connectivity index (χ3v) is 2.05. The van der Waals surface area contributed by atoms with Crippen LogP contribution in [0, 0.1) is 0 Å². The third kappa shape index (κ3) is 12.1. The second kappa shape index (κ2) is 5.83. The van der Waals surface area contributed by atoms with Crippen LogP contribution in [0.2, 0.25) is 0 Å². The zero-order valence-electron chi connectivity index (χ0n) is 12.5. The summed E-state index contributed by atoms with van der Waals surface area (Å²) >= 11 is 0. The minimum absolute atomic E-state index is 0.749. The van der Waals surface area contributed by atoms with Crippen LogP contribution in [0.1, 0.15) is 0 Å². The van der Waals surface area contributed by atoms with Gasteiger partial charge in [-0.1, -0.05) is 12.1 Å². The first-order valence-electron chi connectivity index (χ1n) is 5.87. The molecule has 0 aliphatic heterocycles.